The van der Waals surface area contributed by atoms with Crippen molar-refractivity contribution in [3.05, 3.63) is 41.6 Å². The molecule has 80 valence electrons. The molecule has 2 rings (SSSR count). The molecular formula is C13H16IN. The van der Waals surface area contributed by atoms with E-state index in [0.29, 0.717) is 0 Å². The van der Waals surface area contributed by atoms with E-state index < -0.39 is 0 Å². The van der Waals surface area contributed by atoms with Crippen LogP contribution in [0, 0.1) is 13.8 Å². The average Bonchev–Trinajstić information content (AvgIpc) is 2.18. The maximum Gasteiger partial charge on any atom is 0.212 e. The lowest BCUT2D eigenvalue weighted by Gasteiger charge is -2.04. The van der Waals surface area contributed by atoms with E-state index in [-0.39, 0.29) is 24.0 Å². The van der Waals surface area contributed by atoms with Crippen LogP contribution < -0.4 is 28.5 Å². The Balaban J connectivity index is 0.00000112. The molecule has 2 aromatic rings. The summed E-state index contributed by atoms with van der Waals surface area (Å²) in [5.41, 5.74) is 4.04. The molecule has 1 aromatic heterocycles. The summed E-state index contributed by atoms with van der Waals surface area (Å²) in [7, 11) is 0. The third-order valence-electron chi connectivity index (χ3n) is 2.79. The van der Waals surface area contributed by atoms with Gasteiger partial charge in [0.05, 0.1) is 0 Å². The zero-order valence-corrected chi connectivity index (χ0v) is 11.6. The average molecular weight is 313 g/mol. The molecule has 0 bridgehead atoms. The molecular weight excluding hydrogens is 297 g/mol. The number of rotatable bonds is 1. The second-order valence-electron chi connectivity index (χ2n) is 3.73. The Labute approximate surface area is 108 Å². The number of fused-ring (bicyclic) bond motifs is 1. The standard InChI is InChI=1S/C13H16N.HI/c1-4-14-11(3)9-10(2)12-7-5-6-8-13(12)14;/h5-9H,4H2,1-3H3;1H/q+1;/p-1. The molecule has 0 unspecified atom stereocenters. The summed E-state index contributed by atoms with van der Waals surface area (Å²) in [6.07, 6.45) is 0. The highest BCUT2D eigenvalue weighted by Crippen LogP contribution is 2.15. The lowest BCUT2D eigenvalue weighted by Crippen LogP contribution is -3.00. The van der Waals surface area contributed by atoms with Crippen LogP contribution in [0.25, 0.3) is 10.9 Å². The van der Waals surface area contributed by atoms with E-state index in [0.717, 1.165) is 6.54 Å². The van der Waals surface area contributed by atoms with E-state index in [1.807, 2.05) is 0 Å². The molecule has 0 fully saturated rings. The summed E-state index contributed by atoms with van der Waals surface area (Å²) in [4.78, 5) is 0. The first kappa shape index (κ1) is 12.4. The van der Waals surface area contributed by atoms with Crippen molar-refractivity contribution in [2.24, 2.45) is 0 Å². The number of para-hydroxylation sites is 1. The van der Waals surface area contributed by atoms with Gasteiger partial charge in [-0.3, -0.25) is 0 Å². The van der Waals surface area contributed by atoms with Crippen molar-refractivity contribution in [3.63, 3.8) is 0 Å². The van der Waals surface area contributed by atoms with Crippen LogP contribution in [0.1, 0.15) is 18.2 Å². The van der Waals surface area contributed by atoms with Gasteiger partial charge in [0.1, 0.15) is 6.54 Å². The fourth-order valence-corrected chi connectivity index (χ4v) is 2.12. The Bertz CT molecular complexity index is 477. The molecule has 1 nitrogen and oxygen atoms in total. The Kier molecular flexibility index (Phi) is 4.08. The lowest BCUT2D eigenvalue weighted by atomic mass is 10.1. The lowest BCUT2D eigenvalue weighted by molar-refractivity contribution is -0.673. The van der Waals surface area contributed by atoms with Gasteiger partial charge in [-0.1, -0.05) is 12.1 Å². The number of hydrogen-bond acceptors (Lipinski definition) is 0. The molecule has 0 N–H and O–H groups in total. The summed E-state index contributed by atoms with van der Waals surface area (Å²) in [6.45, 7) is 7.57. The van der Waals surface area contributed by atoms with Crippen LogP contribution in [0.4, 0.5) is 0 Å². The molecule has 0 spiro atoms. The normalized spacial score (nSPS) is 10.1. The fourth-order valence-electron chi connectivity index (χ4n) is 2.12. The minimum absolute atomic E-state index is 0. The fraction of sp³-hybridized carbons (Fsp3) is 0.308. The van der Waals surface area contributed by atoms with Crippen molar-refractivity contribution in [3.8, 4) is 0 Å². The Hall–Kier alpha value is -0.640. The minimum atomic E-state index is 0. The van der Waals surface area contributed by atoms with E-state index in [1.54, 1.807) is 0 Å². The van der Waals surface area contributed by atoms with Gasteiger partial charge in [0, 0.05) is 24.4 Å². The van der Waals surface area contributed by atoms with E-state index in [9.17, 15) is 0 Å². The molecule has 0 saturated heterocycles. The predicted octanol–water partition coefficient (Wildman–Crippen LogP) is -0.232. The van der Waals surface area contributed by atoms with Gasteiger partial charge in [0.15, 0.2) is 5.69 Å². The number of pyridine rings is 1. The van der Waals surface area contributed by atoms with Gasteiger partial charge in [0.25, 0.3) is 0 Å². The summed E-state index contributed by atoms with van der Waals surface area (Å²) in [5, 5.41) is 1.36. The van der Waals surface area contributed by atoms with Crippen LogP contribution in [0.5, 0.6) is 0 Å². The largest absolute Gasteiger partial charge is 1.00 e. The SMILES string of the molecule is CC[n+]1c(C)cc(C)c2ccccc21.[I-]. The highest BCUT2D eigenvalue weighted by Gasteiger charge is 2.11. The van der Waals surface area contributed by atoms with E-state index in [1.165, 1.54) is 22.2 Å². The molecule has 0 amide bonds. The zero-order valence-electron chi connectivity index (χ0n) is 9.42. The van der Waals surface area contributed by atoms with Crippen LogP contribution in [-0.2, 0) is 6.54 Å². The molecule has 0 radical (unpaired) electrons. The predicted molar refractivity (Wildman–Crippen MR) is 59.3 cm³/mol. The van der Waals surface area contributed by atoms with Crippen LogP contribution in [0.3, 0.4) is 0 Å². The van der Waals surface area contributed by atoms with Gasteiger partial charge in [-0.05, 0) is 25.5 Å². The van der Waals surface area contributed by atoms with E-state index in [4.69, 9.17) is 0 Å². The molecule has 0 aliphatic heterocycles. The summed E-state index contributed by atoms with van der Waals surface area (Å²) >= 11 is 0. The number of benzene rings is 1. The molecule has 0 saturated carbocycles. The summed E-state index contributed by atoms with van der Waals surface area (Å²) in [5.74, 6) is 0. The first-order chi connectivity index (χ1) is 6.74. The van der Waals surface area contributed by atoms with Gasteiger partial charge in [-0.2, -0.15) is 4.57 Å². The van der Waals surface area contributed by atoms with Crippen LogP contribution >= 0.6 is 0 Å². The van der Waals surface area contributed by atoms with Crippen molar-refractivity contribution in [2.75, 3.05) is 0 Å². The Morgan fingerprint density at radius 3 is 2.47 bits per heavy atom. The third kappa shape index (κ3) is 2.14. The number of hydrogen-bond donors (Lipinski definition) is 0. The molecule has 0 atom stereocenters. The van der Waals surface area contributed by atoms with Gasteiger partial charge < -0.3 is 24.0 Å². The molecule has 2 heteroatoms. The second-order valence-corrected chi connectivity index (χ2v) is 3.73. The number of nitrogens with zero attached hydrogens (tertiary/aromatic N) is 1. The zero-order chi connectivity index (χ0) is 10.1. The van der Waals surface area contributed by atoms with Gasteiger partial charge >= 0.3 is 0 Å². The topological polar surface area (TPSA) is 3.88 Å². The molecule has 0 aliphatic rings. The van der Waals surface area contributed by atoms with Gasteiger partial charge in [-0.25, -0.2) is 0 Å². The summed E-state index contributed by atoms with van der Waals surface area (Å²) < 4.78 is 2.35. The number of aryl methyl sites for hydroxylation is 3. The van der Waals surface area contributed by atoms with Gasteiger partial charge in [0.2, 0.25) is 5.52 Å². The maximum atomic E-state index is 2.35. The number of halogens is 1. The molecule has 1 heterocycles. The van der Waals surface area contributed by atoms with Crippen LogP contribution in [0.15, 0.2) is 30.3 Å². The van der Waals surface area contributed by atoms with Crippen LogP contribution in [-0.4, -0.2) is 0 Å². The highest BCUT2D eigenvalue weighted by molar-refractivity contribution is 5.79. The van der Waals surface area contributed by atoms with Crippen LogP contribution in [0.2, 0.25) is 0 Å². The molecule has 15 heavy (non-hydrogen) atoms. The highest BCUT2D eigenvalue weighted by atomic mass is 127. The van der Waals surface area contributed by atoms with Crippen molar-refractivity contribution in [1.82, 2.24) is 0 Å². The Morgan fingerprint density at radius 2 is 1.80 bits per heavy atom. The minimum Gasteiger partial charge on any atom is -1.00 e. The maximum absolute atomic E-state index is 2.35. The second kappa shape index (κ2) is 4.92. The Morgan fingerprint density at radius 1 is 1.13 bits per heavy atom. The van der Waals surface area contributed by atoms with Crippen molar-refractivity contribution in [2.45, 2.75) is 27.3 Å². The van der Waals surface area contributed by atoms with Crippen molar-refractivity contribution < 1.29 is 28.5 Å². The molecule has 0 aliphatic carbocycles. The monoisotopic (exact) mass is 313 g/mol. The summed E-state index contributed by atoms with van der Waals surface area (Å²) in [6, 6.07) is 10.8. The van der Waals surface area contributed by atoms with E-state index >= 15 is 0 Å². The van der Waals surface area contributed by atoms with Gasteiger partial charge in [-0.15, -0.1) is 0 Å². The quantitative estimate of drug-likeness (QED) is 0.506. The van der Waals surface area contributed by atoms with E-state index in [2.05, 4.69) is 55.7 Å². The smallest absolute Gasteiger partial charge is 0.212 e. The first-order valence-corrected chi connectivity index (χ1v) is 5.13. The third-order valence-corrected chi connectivity index (χ3v) is 2.79. The molecule has 1 aromatic carbocycles. The van der Waals surface area contributed by atoms with Crippen molar-refractivity contribution >= 4 is 10.9 Å². The van der Waals surface area contributed by atoms with Crippen molar-refractivity contribution in [1.29, 1.82) is 0 Å². The first-order valence-electron chi connectivity index (χ1n) is 5.13. The number of aromatic nitrogens is 1.